The highest BCUT2D eigenvalue weighted by atomic mass is 16.3. The van der Waals surface area contributed by atoms with Crippen molar-refractivity contribution in [3.05, 3.63) is 35.6 Å². The minimum absolute atomic E-state index is 0.263. The van der Waals surface area contributed by atoms with Crippen LogP contribution in [0.1, 0.15) is 50.4 Å². The zero-order valence-corrected chi connectivity index (χ0v) is 13.6. The van der Waals surface area contributed by atoms with E-state index >= 15 is 0 Å². The van der Waals surface area contributed by atoms with Gasteiger partial charge in [-0.05, 0) is 24.8 Å². The van der Waals surface area contributed by atoms with Gasteiger partial charge in [0.1, 0.15) is 11.3 Å². The molecule has 1 aliphatic rings. The monoisotopic (exact) mass is 299 g/mol. The number of rotatable bonds is 5. The van der Waals surface area contributed by atoms with Crippen LogP contribution in [0.15, 0.2) is 28.7 Å². The summed E-state index contributed by atoms with van der Waals surface area (Å²) in [5, 5.41) is 1.14. The fourth-order valence-corrected chi connectivity index (χ4v) is 3.55. The molecule has 3 heteroatoms. The Morgan fingerprint density at radius 1 is 1.27 bits per heavy atom. The summed E-state index contributed by atoms with van der Waals surface area (Å²) in [5.41, 5.74) is 2.09. The van der Waals surface area contributed by atoms with Gasteiger partial charge in [0.05, 0.1) is 0 Å². The maximum absolute atomic E-state index is 12.5. The molecule has 1 fully saturated rings. The highest BCUT2D eigenvalue weighted by Crippen LogP contribution is 2.30. The highest BCUT2D eigenvalue weighted by molar-refractivity contribution is 5.83. The Morgan fingerprint density at radius 2 is 2.00 bits per heavy atom. The zero-order valence-electron chi connectivity index (χ0n) is 13.6. The minimum Gasteiger partial charge on any atom is -0.461 e. The molecular formula is C19H25NO2. The minimum atomic E-state index is 0.263. The lowest BCUT2D eigenvalue weighted by Gasteiger charge is -2.19. The molecule has 0 bridgehead atoms. The summed E-state index contributed by atoms with van der Waals surface area (Å²) in [5.74, 6) is 1.86. The van der Waals surface area contributed by atoms with E-state index in [1.165, 1.54) is 31.2 Å². The molecule has 22 heavy (non-hydrogen) atoms. The summed E-state index contributed by atoms with van der Waals surface area (Å²) in [6, 6.07) is 8.10. The number of hydrogen-bond acceptors (Lipinski definition) is 2. The average Bonchev–Trinajstić information content (AvgIpc) is 3.15. The van der Waals surface area contributed by atoms with Crippen molar-refractivity contribution in [3.63, 3.8) is 0 Å². The van der Waals surface area contributed by atoms with Crippen molar-refractivity contribution in [1.82, 2.24) is 4.90 Å². The molecule has 0 unspecified atom stereocenters. The van der Waals surface area contributed by atoms with Crippen LogP contribution < -0.4 is 0 Å². The lowest BCUT2D eigenvalue weighted by Crippen LogP contribution is -2.27. The number of nitrogens with zero attached hydrogens (tertiary/aromatic N) is 1. The van der Waals surface area contributed by atoms with Crippen molar-refractivity contribution in [2.24, 2.45) is 5.92 Å². The lowest BCUT2D eigenvalue weighted by molar-refractivity contribution is -0.131. The van der Waals surface area contributed by atoms with E-state index in [1.54, 1.807) is 0 Å². The van der Waals surface area contributed by atoms with Gasteiger partial charge in [0.25, 0.3) is 0 Å². The third kappa shape index (κ3) is 3.03. The van der Waals surface area contributed by atoms with Crippen LogP contribution in [0.2, 0.25) is 0 Å². The van der Waals surface area contributed by atoms with E-state index in [1.807, 2.05) is 30.1 Å². The summed E-state index contributed by atoms with van der Waals surface area (Å²) in [7, 11) is 1.92. The summed E-state index contributed by atoms with van der Waals surface area (Å²) < 4.78 is 5.92. The van der Waals surface area contributed by atoms with Gasteiger partial charge in [-0.3, -0.25) is 4.79 Å². The molecule has 0 N–H and O–H groups in total. The quantitative estimate of drug-likeness (QED) is 0.812. The van der Waals surface area contributed by atoms with Crippen molar-refractivity contribution in [2.45, 2.75) is 52.0 Å². The molecule has 0 aliphatic heterocycles. The topological polar surface area (TPSA) is 33.5 Å². The van der Waals surface area contributed by atoms with E-state index in [9.17, 15) is 4.79 Å². The number of furan rings is 1. The van der Waals surface area contributed by atoms with Crippen molar-refractivity contribution >= 4 is 16.9 Å². The second-order valence-corrected chi connectivity index (χ2v) is 6.46. The highest BCUT2D eigenvalue weighted by Gasteiger charge is 2.22. The SMILES string of the molecule is CCc1oc2ccccc2c1CN(C)C(=O)CC1CCCC1. The standard InChI is InChI=1S/C19H25NO2/c1-3-17-16(15-10-6-7-11-18(15)22-17)13-20(2)19(21)12-14-8-4-5-9-14/h6-7,10-11,14H,3-5,8-9,12-13H2,1-2H3. The molecule has 0 saturated heterocycles. The average molecular weight is 299 g/mol. The molecule has 1 aromatic heterocycles. The smallest absolute Gasteiger partial charge is 0.222 e. The lowest BCUT2D eigenvalue weighted by atomic mass is 10.0. The predicted octanol–water partition coefficient (Wildman–Crippen LogP) is 4.53. The number of benzene rings is 1. The predicted molar refractivity (Wildman–Crippen MR) is 88.6 cm³/mol. The third-order valence-electron chi connectivity index (χ3n) is 4.86. The van der Waals surface area contributed by atoms with E-state index in [0.29, 0.717) is 18.9 Å². The first-order chi connectivity index (χ1) is 10.7. The van der Waals surface area contributed by atoms with Crippen LogP contribution in [-0.2, 0) is 17.8 Å². The number of carbonyl (C=O) groups excluding carboxylic acids is 1. The first kappa shape index (κ1) is 15.1. The molecular weight excluding hydrogens is 274 g/mol. The van der Waals surface area contributed by atoms with Gasteiger partial charge in [-0.2, -0.15) is 0 Å². The Labute approximate surface area is 132 Å². The number of amides is 1. The normalized spacial score (nSPS) is 15.5. The fraction of sp³-hybridized carbons (Fsp3) is 0.526. The number of hydrogen-bond donors (Lipinski definition) is 0. The third-order valence-corrected chi connectivity index (χ3v) is 4.86. The van der Waals surface area contributed by atoms with Crippen LogP contribution in [0.4, 0.5) is 0 Å². The first-order valence-corrected chi connectivity index (χ1v) is 8.42. The van der Waals surface area contributed by atoms with E-state index in [4.69, 9.17) is 4.42 Å². The van der Waals surface area contributed by atoms with Gasteiger partial charge in [0.2, 0.25) is 5.91 Å². The molecule has 1 amide bonds. The van der Waals surface area contributed by atoms with Crippen molar-refractivity contribution < 1.29 is 9.21 Å². The summed E-state index contributed by atoms with van der Waals surface area (Å²) in [6.45, 7) is 2.74. The molecule has 1 aliphatic carbocycles. The van der Waals surface area contributed by atoms with Crippen LogP contribution in [0.5, 0.6) is 0 Å². The second kappa shape index (κ2) is 6.55. The Kier molecular flexibility index (Phi) is 4.51. The van der Waals surface area contributed by atoms with Crippen LogP contribution in [0.25, 0.3) is 11.0 Å². The zero-order chi connectivity index (χ0) is 15.5. The number of fused-ring (bicyclic) bond motifs is 1. The van der Waals surface area contributed by atoms with Crippen LogP contribution >= 0.6 is 0 Å². The maximum Gasteiger partial charge on any atom is 0.222 e. The molecule has 1 saturated carbocycles. The van der Waals surface area contributed by atoms with E-state index in [2.05, 4.69) is 13.0 Å². The summed E-state index contributed by atoms with van der Waals surface area (Å²) in [6.07, 6.45) is 6.56. The van der Waals surface area contributed by atoms with Crippen molar-refractivity contribution in [3.8, 4) is 0 Å². The van der Waals surface area contributed by atoms with Crippen molar-refractivity contribution in [2.75, 3.05) is 7.05 Å². The number of para-hydroxylation sites is 1. The summed E-state index contributed by atoms with van der Waals surface area (Å²) >= 11 is 0. The van der Waals surface area contributed by atoms with Gasteiger partial charge < -0.3 is 9.32 Å². The molecule has 1 aromatic carbocycles. The largest absolute Gasteiger partial charge is 0.461 e. The molecule has 118 valence electrons. The first-order valence-electron chi connectivity index (χ1n) is 8.42. The van der Waals surface area contributed by atoms with E-state index in [0.717, 1.165) is 23.2 Å². The molecule has 2 aromatic rings. The Morgan fingerprint density at radius 3 is 2.73 bits per heavy atom. The summed E-state index contributed by atoms with van der Waals surface area (Å²) in [4.78, 5) is 14.3. The van der Waals surface area contributed by atoms with Gasteiger partial charge in [-0.1, -0.05) is 38.0 Å². The van der Waals surface area contributed by atoms with Gasteiger partial charge in [0.15, 0.2) is 0 Å². The van der Waals surface area contributed by atoms with Gasteiger partial charge >= 0.3 is 0 Å². The van der Waals surface area contributed by atoms with E-state index < -0.39 is 0 Å². The maximum atomic E-state index is 12.5. The van der Waals surface area contributed by atoms with Crippen LogP contribution in [0, 0.1) is 5.92 Å². The molecule has 0 spiro atoms. The molecule has 0 radical (unpaired) electrons. The number of aryl methyl sites for hydroxylation is 1. The Bertz CT molecular complexity index is 652. The second-order valence-electron chi connectivity index (χ2n) is 6.46. The Hall–Kier alpha value is -1.77. The van der Waals surface area contributed by atoms with Crippen LogP contribution in [0.3, 0.4) is 0 Å². The van der Waals surface area contributed by atoms with Crippen molar-refractivity contribution in [1.29, 1.82) is 0 Å². The van der Waals surface area contributed by atoms with Gasteiger partial charge in [-0.15, -0.1) is 0 Å². The number of carbonyl (C=O) groups is 1. The fourth-order valence-electron chi connectivity index (χ4n) is 3.55. The van der Waals surface area contributed by atoms with Gasteiger partial charge in [0, 0.05) is 37.4 Å². The molecule has 3 rings (SSSR count). The van der Waals surface area contributed by atoms with Crippen LogP contribution in [-0.4, -0.2) is 17.9 Å². The molecule has 1 heterocycles. The molecule has 3 nitrogen and oxygen atoms in total. The molecule has 0 atom stereocenters. The Balaban J connectivity index is 1.75. The van der Waals surface area contributed by atoms with E-state index in [-0.39, 0.29) is 5.91 Å². The van der Waals surface area contributed by atoms with Gasteiger partial charge in [-0.25, -0.2) is 0 Å².